The Bertz CT molecular complexity index is 537. The van der Waals surface area contributed by atoms with Crippen molar-refractivity contribution in [3.63, 3.8) is 0 Å². The van der Waals surface area contributed by atoms with Gasteiger partial charge in [0.15, 0.2) is 0 Å². The fourth-order valence-electron chi connectivity index (χ4n) is 1.97. The second-order valence-corrected chi connectivity index (χ2v) is 5.70. The van der Waals surface area contributed by atoms with E-state index in [0.29, 0.717) is 5.69 Å². The topological polar surface area (TPSA) is 78.4 Å². The predicted molar refractivity (Wildman–Crippen MR) is 72.5 cm³/mol. The molecular weight excluding hydrogens is 244 g/mol. The molecule has 3 N–H and O–H groups in total. The van der Waals surface area contributed by atoms with Crippen LogP contribution in [-0.2, 0) is 0 Å². The molecule has 19 heavy (non-hydrogen) atoms. The average molecular weight is 262 g/mol. The minimum absolute atomic E-state index is 0.102. The molecule has 1 aliphatic carbocycles. The number of urea groups is 1. The highest BCUT2D eigenvalue weighted by Crippen LogP contribution is 2.44. The first-order valence-corrected chi connectivity index (χ1v) is 6.21. The van der Waals surface area contributed by atoms with Gasteiger partial charge in [-0.2, -0.15) is 0 Å². The number of hydrogen-bond donors (Lipinski definition) is 3. The van der Waals surface area contributed by atoms with Crippen LogP contribution in [0, 0.1) is 12.3 Å². The van der Waals surface area contributed by atoms with E-state index in [9.17, 15) is 9.59 Å². The highest BCUT2D eigenvalue weighted by molar-refractivity contribution is 6.00. The molecule has 2 amide bonds. The number of amides is 2. The lowest BCUT2D eigenvalue weighted by molar-refractivity contribution is 0.0698. The van der Waals surface area contributed by atoms with E-state index < -0.39 is 5.97 Å². The molecule has 0 radical (unpaired) electrons. The first kappa shape index (κ1) is 13.4. The summed E-state index contributed by atoms with van der Waals surface area (Å²) in [6.07, 6.45) is 0.945. The second-order valence-electron chi connectivity index (χ2n) is 5.70. The van der Waals surface area contributed by atoms with Crippen LogP contribution in [0.25, 0.3) is 0 Å². The molecule has 0 heterocycles. The van der Waals surface area contributed by atoms with Crippen molar-refractivity contribution in [1.82, 2.24) is 5.32 Å². The van der Waals surface area contributed by atoms with Gasteiger partial charge in [0.25, 0.3) is 0 Å². The number of nitrogens with one attached hydrogen (secondary N) is 2. The van der Waals surface area contributed by atoms with E-state index in [1.165, 1.54) is 0 Å². The van der Waals surface area contributed by atoms with Gasteiger partial charge in [-0.15, -0.1) is 0 Å². The molecule has 1 unspecified atom stereocenters. The van der Waals surface area contributed by atoms with Gasteiger partial charge in [0.05, 0.1) is 11.3 Å². The number of rotatable bonds is 3. The maximum absolute atomic E-state index is 11.8. The molecule has 0 spiro atoms. The van der Waals surface area contributed by atoms with Crippen LogP contribution in [0.5, 0.6) is 0 Å². The molecule has 1 aromatic carbocycles. The van der Waals surface area contributed by atoms with Crippen molar-refractivity contribution < 1.29 is 14.7 Å². The number of anilines is 1. The number of benzene rings is 1. The van der Waals surface area contributed by atoms with Gasteiger partial charge >= 0.3 is 12.0 Å². The summed E-state index contributed by atoms with van der Waals surface area (Å²) in [7, 11) is 0. The van der Waals surface area contributed by atoms with Gasteiger partial charge in [0.1, 0.15) is 0 Å². The Morgan fingerprint density at radius 3 is 2.53 bits per heavy atom. The summed E-state index contributed by atoms with van der Waals surface area (Å²) in [4.78, 5) is 22.9. The van der Waals surface area contributed by atoms with E-state index in [2.05, 4.69) is 24.5 Å². The van der Waals surface area contributed by atoms with Crippen LogP contribution >= 0.6 is 0 Å². The SMILES string of the molecule is Cc1ccc(NC(=O)NC2CC2(C)C)c(C(=O)O)c1. The van der Waals surface area contributed by atoms with Gasteiger partial charge in [-0.05, 0) is 30.9 Å². The quantitative estimate of drug-likeness (QED) is 0.783. The summed E-state index contributed by atoms with van der Waals surface area (Å²) in [5.74, 6) is -1.05. The zero-order chi connectivity index (χ0) is 14.2. The maximum Gasteiger partial charge on any atom is 0.337 e. The van der Waals surface area contributed by atoms with Crippen molar-refractivity contribution in [3.8, 4) is 0 Å². The first-order valence-electron chi connectivity index (χ1n) is 6.21. The average Bonchev–Trinajstić information content (AvgIpc) is 2.88. The van der Waals surface area contributed by atoms with Gasteiger partial charge < -0.3 is 15.7 Å². The minimum Gasteiger partial charge on any atom is -0.478 e. The molecule has 0 bridgehead atoms. The summed E-state index contributed by atoms with van der Waals surface area (Å²) in [5, 5.41) is 14.5. The molecule has 0 aliphatic heterocycles. The lowest BCUT2D eigenvalue weighted by Gasteiger charge is -2.11. The third kappa shape index (κ3) is 3.05. The Labute approximate surface area is 112 Å². The first-order chi connectivity index (χ1) is 8.79. The molecule has 1 saturated carbocycles. The summed E-state index contributed by atoms with van der Waals surface area (Å²) in [6.45, 7) is 5.96. The Morgan fingerprint density at radius 1 is 1.37 bits per heavy atom. The van der Waals surface area contributed by atoms with Crippen molar-refractivity contribution in [2.75, 3.05) is 5.32 Å². The Hall–Kier alpha value is -2.04. The molecule has 1 aromatic rings. The number of aromatic carboxylic acids is 1. The number of carboxylic acid groups (broad SMARTS) is 1. The van der Waals surface area contributed by atoms with E-state index in [-0.39, 0.29) is 23.1 Å². The number of carbonyl (C=O) groups is 2. The fraction of sp³-hybridized carbons (Fsp3) is 0.429. The van der Waals surface area contributed by atoms with Gasteiger partial charge in [-0.25, -0.2) is 9.59 Å². The van der Waals surface area contributed by atoms with Crippen LogP contribution in [0.2, 0.25) is 0 Å². The maximum atomic E-state index is 11.8. The zero-order valence-corrected chi connectivity index (χ0v) is 11.3. The van der Waals surface area contributed by atoms with Gasteiger partial charge in [0, 0.05) is 6.04 Å². The molecule has 5 nitrogen and oxygen atoms in total. The lowest BCUT2D eigenvalue weighted by atomic mass is 10.1. The molecule has 5 heteroatoms. The van der Waals surface area contributed by atoms with Crippen LogP contribution in [-0.4, -0.2) is 23.1 Å². The Morgan fingerprint density at radius 2 is 2.00 bits per heavy atom. The standard InChI is InChI=1S/C14H18N2O3/c1-8-4-5-10(9(6-8)12(17)18)15-13(19)16-11-7-14(11,2)3/h4-6,11H,7H2,1-3H3,(H,17,18)(H2,15,16,19). The largest absolute Gasteiger partial charge is 0.478 e. The highest BCUT2D eigenvalue weighted by Gasteiger charge is 2.46. The lowest BCUT2D eigenvalue weighted by Crippen LogP contribution is -2.33. The van der Waals surface area contributed by atoms with Crippen LogP contribution in [0.15, 0.2) is 18.2 Å². The normalized spacial score (nSPS) is 19.6. The van der Waals surface area contributed by atoms with Gasteiger partial charge in [0.2, 0.25) is 0 Å². The van der Waals surface area contributed by atoms with Gasteiger partial charge in [-0.1, -0.05) is 25.5 Å². The summed E-state index contributed by atoms with van der Waals surface area (Å²) >= 11 is 0. The van der Waals surface area contributed by atoms with E-state index in [1.54, 1.807) is 18.2 Å². The van der Waals surface area contributed by atoms with Crippen molar-refractivity contribution in [3.05, 3.63) is 29.3 Å². The zero-order valence-electron chi connectivity index (χ0n) is 11.3. The van der Waals surface area contributed by atoms with Crippen molar-refractivity contribution >= 4 is 17.7 Å². The van der Waals surface area contributed by atoms with E-state index in [0.717, 1.165) is 12.0 Å². The third-order valence-electron chi connectivity index (χ3n) is 3.47. The molecule has 2 rings (SSSR count). The number of hydrogen-bond acceptors (Lipinski definition) is 2. The number of carbonyl (C=O) groups excluding carboxylic acids is 1. The monoisotopic (exact) mass is 262 g/mol. The van der Waals surface area contributed by atoms with Crippen molar-refractivity contribution in [1.29, 1.82) is 0 Å². The molecule has 0 saturated heterocycles. The minimum atomic E-state index is -1.05. The summed E-state index contributed by atoms with van der Waals surface area (Å²) < 4.78 is 0. The van der Waals surface area contributed by atoms with Gasteiger partial charge in [-0.3, -0.25) is 0 Å². The van der Waals surface area contributed by atoms with Crippen LogP contribution < -0.4 is 10.6 Å². The fourth-order valence-corrected chi connectivity index (χ4v) is 1.97. The Kier molecular flexibility index (Phi) is 3.22. The molecule has 1 atom stereocenters. The highest BCUT2D eigenvalue weighted by atomic mass is 16.4. The molecule has 102 valence electrons. The smallest absolute Gasteiger partial charge is 0.337 e. The molecular formula is C14H18N2O3. The van der Waals surface area contributed by atoms with E-state index in [4.69, 9.17) is 5.11 Å². The third-order valence-corrected chi connectivity index (χ3v) is 3.47. The van der Waals surface area contributed by atoms with E-state index in [1.807, 2.05) is 6.92 Å². The van der Waals surface area contributed by atoms with Crippen LogP contribution in [0.3, 0.4) is 0 Å². The predicted octanol–water partition coefficient (Wildman–Crippen LogP) is 2.61. The summed E-state index contributed by atoms with van der Waals surface area (Å²) in [5.41, 5.74) is 1.39. The van der Waals surface area contributed by atoms with Crippen molar-refractivity contribution in [2.24, 2.45) is 5.41 Å². The van der Waals surface area contributed by atoms with Crippen molar-refractivity contribution in [2.45, 2.75) is 33.2 Å². The molecule has 1 fully saturated rings. The summed E-state index contributed by atoms with van der Waals surface area (Å²) in [6, 6.07) is 4.71. The van der Waals surface area contributed by atoms with E-state index >= 15 is 0 Å². The number of aryl methyl sites for hydroxylation is 1. The Balaban J connectivity index is 2.06. The molecule has 0 aromatic heterocycles. The van der Waals surface area contributed by atoms with Crippen LogP contribution in [0.1, 0.15) is 36.2 Å². The molecule has 1 aliphatic rings. The number of carboxylic acids is 1. The van der Waals surface area contributed by atoms with Crippen LogP contribution in [0.4, 0.5) is 10.5 Å². The second kappa shape index (κ2) is 4.57.